The Bertz CT molecular complexity index is 973. The van der Waals surface area contributed by atoms with Crippen LogP contribution in [0.4, 0.5) is 0 Å². The number of hydrogen-bond donors (Lipinski definition) is 1. The molecule has 0 aromatic heterocycles. The van der Waals surface area contributed by atoms with Gasteiger partial charge in [0.2, 0.25) is 0 Å². The number of fused-ring (bicyclic) bond motifs is 1. The maximum atomic E-state index is 12.9. The third kappa shape index (κ3) is 3.78. The first-order chi connectivity index (χ1) is 12.9. The van der Waals surface area contributed by atoms with Gasteiger partial charge in [0.25, 0.3) is 0 Å². The number of aryl methyl sites for hydroxylation is 1. The minimum absolute atomic E-state index is 0.0372. The molecule has 0 saturated heterocycles. The number of Topliss-reactive ketones (excluding diaryl/α,β-unsaturated/α-hetero) is 1. The SMILES string of the molecule is Cc1cc2c(cc1CC(=O)c1ccc(C(=O)O)c(Br)c1)C(C)(C)COC2(C)C. The lowest BCUT2D eigenvalue weighted by molar-refractivity contribution is -0.0588. The maximum absolute atomic E-state index is 12.9. The van der Waals surface area contributed by atoms with Crippen LogP contribution in [0.25, 0.3) is 0 Å². The molecule has 1 N–H and O–H groups in total. The van der Waals surface area contributed by atoms with E-state index in [9.17, 15) is 9.59 Å². The lowest BCUT2D eigenvalue weighted by Gasteiger charge is -2.42. The molecule has 0 unspecified atom stereocenters. The molecular formula is C23H25BrO4. The minimum Gasteiger partial charge on any atom is -0.478 e. The van der Waals surface area contributed by atoms with E-state index in [-0.39, 0.29) is 28.8 Å². The van der Waals surface area contributed by atoms with Gasteiger partial charge in [0, 0.05) is 21.9 Å². The number of halogens is 1. The lowest BCUT2D eigenvalue weighted by atomic mass is 9.74. The van der Waals surface area contributed by atoms with E-state index in [4.69, 9.17) is 9.84 Å². The van der Waals surface area contributed by atoms with Crippen LogP contribution in [0, 0.1) is 6.92 Å². The highest BCUT2D eigenvalue weighted by atomic mass is 79.9. The average Bonchev–Trinajstić information content (AvgIpc) is 2.60. The van der Waals surface area contributed by atoms with Gasteiger partial charge in [-0.3, -0.25) is 4.79 Å². The molecule has 4 nitrogen and oxygen atoms in total. The van der Waals surface area contributed by atoms with Crippen molar-refractivity contribution in [1.29, 1.82) is 0 Å². The zero-order chi connectivity index (χ0) is 20.9. The predicted octanol–water partition coefficient (Wildman–Crippen LogP) is 5.42. The number of carbonyl (C=O) groups excluding carboxylic acids is 1. The van der Waals surface area contributed by atoms with Crippen LogP contribution in [0.15, 0.2) is 34.8 Å². The van der Waals surface area contributed by atoms with Gasteiger partial charge < -0.3 is 9.84 Å². The molecule has 1 aliphatic heterocycles. The van der Waals surface area contributed by atoms with Gasteiger partial charge in [-0.1, -0.05) is 32.0 Å². The Balaban J connectivity index is 1.96. The van der Waals surface area contributed by atoms with E-state index in [1.165, 1.54) is 17.2 Å². The summed E-state index contributed by atoms with van der Waals surface area (Å²) in [7, 11) is 0. The van der Waals surface area contributed by atoms with Crippen molar-refractivity contribution in [2.75, 3.05) is 6.61 Å². The minimum atomic E-state index is -1.02. The fourth-order valence-electron chi connectivity index (χ4n) is 3.65. The van der Waals surface area contributed by atoms with E-state index in [2.05, 4.69) is 55.8 Å². The number of hydrogen-bond acceptors (Lipinski definition) is 3. The first kappa shape index (κ1) is 20.7. The zero-order valence-electron chi connectivity index (χ0n) is 16.9. The summed E-state index contributed by atoms with van der Waals surface area (Å²) in [6.07, 6.45) is 0.273. The lowest BCUT2D eigenvalue weighted by Crippen LogP contribution is -2.40. The molecule has 2 aromatic rings. The van der Waals surface area contributed by atoms with Crippen molar-refractivity contribution in [3.05, 3.63) is 68.2 Å². The summed E-state index contributed by atoms with van der Waals surface area (Å²) in [5, 5.41) is 9.15. The second-order valence-corrected chi connectivity index (χ2v) is 9.46. The van der Waals surface area contributed by atoms with Crippen LogP contribution < -0.4 is 0 Å². The fourth-order valence-corrected chi connectivity index (χ4v) is 4.20. The van der Waals surface area contributed by atoms with Gasteiger partial charge in [0.15, 0.2) is 5.78 Å². The Hall–Kier alpha value is -1.98. The number of aromatic carboxylic acids is 1. The number of ether oxygens (including phenoxy) is 1. The van der Waals surface area contributed by atoms with Gasteiger partial charge in [-0.2, -0.15) is 0 Å². The van der Waals surface area contributed by atoms with Crippen LogP contribution in [0.1, 0.15) is 70.7 Å². The van der Waals surface area contributed by atoms with Crippen LogP contribution in [-0.2, 0) is 22.2 Å². The molecule has 2 aromatic carbocycles. The number of carbonyl (C=O) groups is 2. The zero-order valence-corrected chi connectivity index (χ0v) is 18.4. The molecule has 0 spiro atoms. The monoisotopic (exact) mass is 444 g/mol. The highest BCUT2D eigenvalue weighted by molar-refractivity contribution is 9.10. The molecule has 0 aliphatic carbocycles. The summed E-state index contributed by atoms with van der Waals surface area (Å²) in [6, 6.07) is 8.91. The first-order valence-corrected chi connectivity index (χ1v) is 10.1. The van der Waals surface area contributed by atoms with Gasteiger partial charge in [0.05, 0.1) is 17.8 Å². The van der Waals surface area contributed by atoms with Crippen molar-refractivity contribution >= 4 is 27.7 Å². The Morgan fingerprint density at radius 1 is 1.11 bits per heavy atom. The first-order valence-electron chi connectivity index (χ1n) is 9.27. The largest absolute Gasteiger partial charge is 0.478 e. The van der Waals surface area contributed by atoms with E-state index in [0.29, 0.717) is 16.6 Å². The molecule has 148 valence electrons. The Morgan fingerprint density at radius 2 is 1.79 bits per heavy atom. The third-order valence-electron chi connectivity index (χ3n) is 5.52. The highest BCUT2D eigenvalue weighted by Gasteiger charge is 2.38. The molecule has 0 atom stereocenters. The van der Waals surface area contributed by atoms with Crippen molar-refractivity contribution in [2.24, 2.45) is 0 Å². The van der Waals surface area contributed by atoms with Crippen molar-refractivity contribution < 1.29 is 19.4 Å². The summed E-state index contributed by atoms with van der Waals surface area (Å²) in [5.74, 6) is -1.06. The van der Waals surface area contributed by atoms with Crippen molar-refractivity contribution in [2.45, 2.75) is 52.1 Å². The molecule has 0 radical (unpaired) electrons. The fraction of sp³-hybridized carbons (Fsp3) is 0.391. The second-order valence-electron chi connectivity index (χ2n) is 8.61. The Morgan fingerprint density at radius 3 is 2.39 bits per heavy atom. The molecule has 1 heterocycles. The molecule has 0 fully saturated rings. The Kier molecular flexibility index (Phi) is 5.28. The predicted molar refractivity (Wildman–Crippen MR) is 112 cm³/mol. The van der Waals surface area contributed by atoms with E-state index in [0.717, 1.165) is 11.1 Å². The highest BCUT2D eigenvalue weighted by Crippen LogP contribution is 2.42. The van der Waals surface area contributed by atoms with Crippen LogP contribution in [0.5, 0.6) is 0 Å². The summed E-state index contributed by atoms with van der Waals surface area (Å²) >= 11 is 3.25. The van der Waals surface area contributed by atoms with Crippen molar-refractivity contribution in [3.8, 4) is 0 Å². The number of ketones is 1. The third-order valence-corrected chi connectivity index (χ3v) is 6.18. The number of carboxylic acid groups (broad SMARTS) is 1. The van der Waals surface area contributed by atoms with Gasteiger partial charge in [-0.05, 0) is 71.1 Å². The van der Waals surface area contributed by atoms with Crippen LogP contribution in [0.3, 0.4) is 0 Å². The molecule has 0 saturated carbocycles. The Labute approximate surface area is 174 Å². The number of benzene rings is 2. The van der Waals surface area contributed by atoms with E-state index >= 15 is 0 Å². The van der Waals surface area contributed by atoms with E-state index in [1.54, 1.807) is 12.1 Å². The van der Waals surface area contributed by atoms with Gasteiger partial charge in [0.1, 0.15) is 0 Å². The standard InChI is InChI=1S/C23H25BrO4/c1-13-8-18-17(22(2,3)12-28-23(18,4)5)9-15(13)11-20(25)14-6-7-16(21(26)27)19(24)10-14/h6-10H,11-12H2,1-5H3,(H,26,27). The van der Waals surface area contributed by atoms with Crippen LogP contribution >= 0.6 is 15.9 Å². The van der Waals surface area contributed by atoms with Gasteiger partial charge in [-0.25, -0.2) is 4.79 Å². The normalized spacial score (nSPS) is 17.1. The number of carboxylic acids is 1. The summed E-state index contributed by atoms with van der Waals surface area (Å²) in [6.45, 7) is 11.1. The molecule has 3 rings (SSSR count). The summed E-state index contributed by atoms with van der Waals surface area (Å²) in [4.78, 5) is 24.0. The van der Waals surface area contributed by atoms with Crippen LogP contribution in [-0.4, -0.2) is 23.5 Å². The summed E-state index contributed by atoms with van der Waals surface area (Å²) < 4.78 is 6.49. The van der Waals surface area contributed by atoms with E-state index in [1.807, 2.05) is 6.92 Å². The quantitative estimate of drug-likeness (QED) is 0.638. The smallest absolute Gasteiger partial charge is 0.336 e. The van der Waals surface area contributed by atoms with Gasteiger partial charge >= 0.3 is 5.97 Å². The van der Waals surface area contributed by atoms with Crippen molar-refractivity contribution in [1.82, 2.24) is 0 Å². The topological polar surface area (TPSA) is 63.6 Å². The number of rotatable bonds is 4. The maximum Gasteiger partial charge on any atom is 0.336 e. The van der Waals surface area contributed by atoms with E-state index < -0.39 is 5.97 Å². The van der Waals surface area contributed by atoms with Gasteiger partial charge in [-0.15, -0.1) is 0 Å². The van der Waals surface area contributed by atoms with Crippen LogP contribution in [0.2, 0.25) is 0 Å². The second kappa shape index (κ2) is 7.12. The molecule has 28 heavy (non-hydrogen) atoms. The molecule has 0 amide bonds. The molecule has 5 heteroatoms. The molecular weight excluding hydrogens is 420 g/mol. The molecule has 1 aliphatic rings. The van der Waals surface area contributed by atoms with Crippen molar-refractivity contribution in [3.63, 3.8) is 0 Å². The molecule has 0 bridgehead atoms. The summed E-state index contributed by atoms with van der Waals surface area (Å²) in [5.41, 5.74) is 4.61. The average molecular weight is 445 g/mol.